The van der Waals surface area contributed by atoms with E-state index >= 15 is 0 Å². The normalized spacial score (nSPS) is 21.1. The highest BCUT2D eigenvalue weighted by Crippen LogP contribution is 2.02. The van der Waals surface area contributed by atoms with Gasteiger partial charge < -0.3 is 30.3 Å². The number of aliphatic hydroxyl groups excluding tert-OH is 5. The Kier molecular flexibility index (Phi) is 4.95. The summed E-state index contributed by atoms with van der Waals surface area (Å²) in [5.74, 6) is 0. The monoisotopic (exact) mass is 174 g/mol. The van der Waals surface area contributed by atoms with E-state index < -0.39 is 31.0 Å². The van der Waals surface area contributed by atoms with Crippen LogP contribution >= 0.6 is 0 Å². The van der Waals surface area contributed by atoms with Gasteiger partial charge in [-0.2, -0.15) is 0 Å². The molecule has 5 N–H and O–H groups in total. The third-order valence-corrected chi connectivity index (χ3v) is 1.42. The van der Waals surface area contributed by atoms with Crippen molar-refractivity contribution in [2.75, 3.05) is 6.61 Å². The summed E-state index contributed by atoms with van der Waals surface area (Å²) < 4.78 is 0. The van der Waals surface area contributed by atoms with E-state index in [1.807, 2.05) is 0 Å². The van der Waals surface area contributed by atoms with E-state index in [-0.39, 0.29) is 6.29 Å². The Morgan fingerprint density at radius 3 is 1.92 bits per heavy atom. The largest absolute Gasteiger partial charge is 0.394 e. The molecule has 0 amide bonds. The molecule has 0 radical (unpaired) electrons. The third-order valence-electron chi connectivity index (χ3n) is 1.42. The first-order valence-electron chi connectivity index (χ1n) is 3.33. The lowest BCUT2D eigenvalue weighted by Crippen LogP contribution is -2.46. The van der Waals surface area contributed by atoms with Gasteiger partial charge in [-0.3, -0.25) is 0 Å². The van der Waals surface area contributed by atoms with Gasteiger partial charge in [0.1, 0.15) is 24.4 Å². The maximum absolute atomic E-state index is 9.90. The van der Waals surface area contributed by atoms with Crippen molar-refractivity contribution in [1.29, 1.82) is 0 Å². The van der Waals surface area contributed by atoms with E-state index in [9.17, 15) is 4.79 Å². The third kappa shape index (κ3) is 2.84. The predicted molar refractivity (Wildman–Crippen MR) is 37.2 cm³/mol. The second kappa shape index (κ2) is 5.18. The number of aldehydes is 1. The van der Waals surface area contributed by atoms with Crippen LogP contribution in [-0.2, 0) is 4.79 Å². The van der Waals surface area contributed by atoms with Crippen molar-refractivity contribution < 1.29 is 30.3 Å². The van der Waals surface area contributed by atoms with Gasteiger partial charge in [-0.1, -0.05) is 0 Å². The maximum Gasteiger partial charge on any atom is 0.151 e. The van der Waals surface area contributed by atoms with Gasteiger partial charge in [0.15, 0.2) is 6.29 Å². The molecule has 6 heteroatoms. The van der Waals surface area contributed by atoms with Gasteiger partial charge in [-0.05, 0) is 0 Å². The van der Waals surface area contributed by atoms with Crippen LogP contribution in [0.4, 0.5) is 0 Å². The molecule has 0 aliphatic rings. The predicted octanol–water partition coefficient (Wildman–Crippen LogP) is -3.38. The molecule has 0 unspecified atom stereocenters. The van der Waals surface area contributed by atoms with Gasteiger partial charge in [0.25, 0.3) is 0 Å². The Morgan fingerprint density at radius 1 is 1.08 bits per heavy atom. The molecule has 0 aromatic carbocycles. The number of hydrogen-bond acceptors (Lipinski definition) is 6. The van der Waals surface area contributed by atoms with Crippen LogP contribution in [0.2, 0.25) is 0 Å². The van der Waals surface area contributed by atoms with Crippen molar-refractivity contribution in [3.8, 4) is 0 Å². The Balaban J connectivity index is 4.07. The minimum atomic E-state index is -1.79. The van der Waals surface area contributed by atoms with Crippen LogP contribution in [-0.4, -0.2) is 62.8 Å². The van der Waals surface area contributed by atoms with E-state index in [0.29, 0.717) is 0 Å². The molecular weight excluding hydrogens is 162 g/mol. The number of carbonyl (C=O) groups is 1. The number of aliphatic hydroxyl groups is 5. The fourth-order valence-electron chi connectivity index (χ4n) is 0.618. The second-order valence-electron chi connectivity index (χ2n) is 2.36. The molecule has 72 valence electrons. The highest BCUT2D eigenvalue weighted by Gasteiger charge is 2.29. The molecule has 0 fully saturated rings. The molecule has 0 aromatic heterocycles. The Hall–Kier alpha value is -0.530. The molecular formula is C6H12O6. The number of rotatable bonds is 5. The van der Waals surface area contributed by atoms with Crippen molar-refractivity contribution in [2.45, 2.75) is 24.4 Å². The molecule has 0 rings (SSSR count). The average Bonchev–Trinajstić information content (AvgIpc) is 2.12. The van der Waals surface area contributed by atoms with E-state index in [0.717, 1.165) is 0 Å². The second-order valence-corrected chi connectivity index (χ2v) is 2.36. The van der Waals surface area contributed by atoms with Gasteiger partial charge in [0, 0.05) is 0 Å². The highest BCUT2D eigenvalue weighted by atomic mass is 15.6. The minimum absolute atomic E-state index is 0.0258. The summed E-state index contributed by atoms with van der Waals surface area (Å²) in [5.41, 5.74) is 0. The van der Waals surface area contributed by atoms with Gasteiger partial charge in [-0.15, -0.1) is 0 Å². The van der Waals surface area contributed by atoms with Crippen LogP contribution in [0, 0.1) is 0 Å². The summed E-state index contributed by atoms with van der Waals surface area (Å²) >= 11 is 0. The fraction of sp³-hybridized carbons (Fsp3) is 0.833. The Morgan fingerprint density at radius 2 is 1.58 bits per heavy atom. The van der Waals surface area contributed by atoms with Crippen molar-refractivity contribution in [3.05, 3.63) is 0 Å². The van der Waals surface area contributed by atoms with Crippen LogP contribution in [0.5, 0.6) is 0 Å². The zero-order chi connectivity index (χ0) is 9.72. The van der Waals surface area contributed by atoms with E-state index in [1.54, 1.807) is 0 Å². The molecule has 0 bridgehead atoms. The SMILES string of the molecule is [15O]=C[C@H]([15OH])[C@@H]([15OH])[C@H]([15OH])[C@H]([15OH])C[15OH]. The molecule has 0 aliphatic carbocycles. The highest BCUT2D eigenvalue weighted by molar-refractivity contribution is 5.56. The number of carbonyl (C=O) groups excluding carboxylic acids is 1. The van der Waals surface area contributed by atoms with Crippen LogP contribution in [0.3, 0.4) is 0 Å². The maximum atomic E-state index is 9.90. The van der Waals surface area contributed by atoms with Gasteiger partial charge in [0.05, 0.1) is 6.61 Å². The zero-order valence-corrected chi connectivity index (χ0v) is 6.24. The molecule has 0 heterocycles. The van der Waals surface area contributed by atoms with Crippen LogP contribution < -0.4 is 0 Å². The smallest absolute Gasteiger partial charge is 0.151 e. The van der Waals surface area contributed by atoms with Crippen LogP contribution in [0.25, 0.3) is 0 Å². The van der Waals surface area contributed by atoms with Gasteiger partial charge >= 0.3 is 0 Å². The first-order chi connectivity index (χ1) is 5.54. The van der Waals surface area contributed by atoms with Gasteiger partial charge in [0.2, 0.25) is 0 Å². The first kappa shape index (κ1) is 11.5. The Labute approximate surface area is 68.7 Å². The quantitative estimate of drug-likeness (QED) is 0.277. The summed E-state index contributed by atoms with van der Waals surface area (Å²) in [5, 5.41) is 43.5. The summed E-state index contributed by atoms with van der Waals surface area (Å²) in [7, 11) is 0. The summed E-state index contributed by atoms with van der Waals surface area (Å²) in [6.45, 7) is -0.760. The molecule has 12 heavy (non-hydrogen) atoms. The lowest BCUT2D eigenvalue weighted by Gasteiger charge is -2.22. The molecule has 0 aromatic rings. The van der Waals surface area contributed by atoms with E-state index in [2.05, 4.69) is 0 Å². The van der Waals surface area contributed by atoms with E-state index in [4.69, 9.17) is 25.5 Å². The molecule has 0 saturated heterocycles. The number of hydrogen-bond donors (Lipinski definition) is 5. The zero-order valence-electron chi connectivity index (χ0n) is 6.24. The van der Waals surface area contributed by atoms with Crippen molar-refractivity contribution in [1.82, 2.24) is 0 Å². The van der Waals surface area contributed by atoms with Crippen molar-refractivity contribution in [2.24, 2.45) is 0 Å². The summed E-state index contributed by atoms with van der Waals surface area (Å²) in [6.07, 6.45) is -6.84. The Bertz CT molecular complexity index is 138. The van der Waals surface area contributed by atoms with Gasteiger partial charge in [-0.25, -0.2) is 0 Å². The molecule has 4 atom stereocenters. The average molecular weight is 174 g/mol. The van der Waals surface area contributed by atoms with Crippen LogP contribution in [0.1, 0.15) is 0 Å². The standard InChI is InChI=1S/C6H12O6/c7-1-3(9)5(11)6(12)4(10)2-8/h1,3-6,8-12H,2H2/t3-,4+,5+,6+/m0/s1/i7-1,8-1,9-1,10-1,11-1,12-1. The van der Waals surface area contributed by atoms with Crippen LogP contribution in [0.15, 0.2) is 0 Å². The summed E-state index contributed by atoms with van der Waals surface area (Å²) in [4.78, 5) is 9.90. The molecule has 0 saturated carbocycles. The first-order valence-corrected chi connectivity index (χ1v) is 3.33. The molecule has 6 nitrogen and oxygen atoms in total. The fourth-order valence-corrected chi connectivity index (χ4v) is 0.618. The van der Waals surface area contributed by atoms with Crippen molar-refractivity contribution in [3.63, 3.8) is 0 Å². The lowest BCUT2D eigenvalue weighted by molar-refractivity contribution is -0.136. The topological polar surface area (TPSA) is 118 Å². The molecule has 0 spiro atoms. The van der Waals surface area contributed by atoms with E-state index in [1.165, 1.54) is 0 Å². The summed E-state index contributed by atoms with van der Waals surface area (Å²) in [6, 6.07) is 0. The molecule has 0 aliphatic heterocycles. The minimum Gasteiger partial charge on any atom is -0.394 e. The van der Waals surface area contributed by atoms with Crippen molar-refractivity contribution >= 4 is 6.29 Å². The lowest BCUT2D eigenvalue weighted by atomic mass is 10.0.